The number of hydrogen-bond donors (Lipinski definition) is 2. The van der Waals surface area contributed by atoms with Crippen LogP contribution in [-0.2, 0) is 4.79 Å². The standard InChI is InChI=1S/C12H17NO3S/c14-11(15)5-3-1-2-4-7-13-12(16)10-6-8-17-9-10/h6,8-9H,1-5,7H2,(H,13,16)(H,14,15). The van der Waals surface area contributed by atoms with Crippen molar-refractivity contribution in [3.8, 4) is 0 Å². The van der Waals surface area contributed by atoms with Crippen LogP contribution in [0.25, 0.3) is 0 Å². The van der Waals surface area contributed by atoms with E-state index >= 15 is 0 Å². The summed E-state index contributed by atoms with van der Waals surface area (Å²) in [4.78, 5) is 21.8. The van der Waals surface area contributed by atoms with E-state index in [0.717, 1.165) is 19.3 Å². The summed E-state index contributed by atoms with van der Waals surface area (Å²) in [5.74, 6) is -0.771. The molecule has 0 unspecified atom stereocenters. The molecule has 0 aliphatic heterocycles. The Kier molecular flexibility index (Phi) is 6.32. The summed E-state index contributed by atoms with van der Waals surface area (Å²) < 4.78 is 0. The second-order valence-corrected chi connectivity index (χ2v) is 4.61. The molecule has 1 heterocycles. The van der Waals surface area contributed by atoms with Crippen LogP contribution in [0, 0.1) is 0 Å². The largest absolute Gasteiger partial charge is 0.481 e. The van der Waals surface area contributed by atoms with Crippen LogP contribution < -0.4 is 5.32 Å². The smallest absolute Gasteiger partial charge is 0.303 e. The molecule has 0 bridgehead atoms. The number of aliphatic carboxylic acids is 1. The first-order valence-corrected chi connectivity index (χ1v) is 6.66. The number of carbonyl (C=O) groups is 2. The molecule has 0 fully saturated rings. The van der Waals surface area contributed by atoms with Gasteiger partial charge < -0.3 is 10.4 Å². The van der Waals surface area contributed by atoms with Gasteiger partial charge in [0.2, 0.25) is 0 Å². The van der Waals surface area contributed by atoms with Gasteiger partial charge in [-0.2, -0.15) is 11.3 Å². The average molecular weight is 255 g/mol. The Hall–Kier alpha value is -1.36. The van der Waals surface area contributed by atoms with Crippen molar-refractivity contribution in [3.05, 3.63) is 22.4 Å². The van der Waals surface area contributed by atoms with E-state index in [1.807, 2.05) is 10.8 Å². The average Bonchev–Trinajstić information content (AvgIpc) is 2.80. The zero-order valence-electron chi connectivity index (χ0n) is 9.65. The van der Waals surface area contributed by atoms with Crippen LogP contribution in [0.1, 0.15) is 42.5 Å². The first kappa shape index (κ1) is 13.7. The monoisotopic (exact) mass is 255 g/mol. The number of carboxylic acids is 1. The lowest BCUT2D eigenvalue weighted by Gasteiger charge is -2.03. The fraction of sp³-hybridized carbons (Fsp3) is 0.500. The van der Waals surface area contributed by atoms with Crippen LogP contribution >= 0.6 is 11.3 Å². The third-order valence-electron chi connectivity index (χ3n) is 2.39. The van der Waals surface area contributed by atoms with Crippen molar-refractivity contribution in [2.45, 2.75) is 32.1 Å². The SMILES string of the molecule is O=C(O)CCCCCCNC(=O)c1ccsc1. The molecule has 2 N–H and O–H groups in total. The van der Waals surface area contributed by atoms with Gasteiger partial charge in [-0.1, -0.05) is 12.8 Å². The lowest BCUT2D eigenvalue weighted by Crippen LogP contribution is -2.23. The van der Waals surface area contributed by atoms with Crippen molar-refractivity contribution in [3.63, 3.8) is 0 Å². The van der Waals surface area contributed by atoms with Crippen LogP contribution in [0.4, 0.5) is 0 Å². The third-order valence-corrected chi connectivity index (χ3v) is 3.07. The van der Waals surface area contributed by atoms with Crippen molar-refractivity contribution in [1.82, 2.24) is 5.32 Å². The molecular formula is C12H17NO3S. The summed E-state index contributed by atoms with van der Waals surface area (Å²) in [5, 5.41) is 15.0. The molecule has 4 nitrogen and oxygen atoms in total. The Balaban J connectivity index is 1.97. The Morgan fingerprint density at radius 1 is 1.24 bits per heavy atom. The van der Waals surface area contributed by atoms with E-state index in [0.29, 0.717) is 18.5 Å². The van der Waals surface area contributed by atoms with E-state index in [1.165, 1.54) is 11.3 Å². The van der Waals surface area contributed by atoms with Crippen LogP contribution in [0.5, 0.6) is 0 Å². The molecule has 0 atom stereocenters. The van der Waals surface area contributed by atoms with Gasteiger partial charge in [0, 0.05) is 23.9 Å². The summed E-state index contributed by atoms with van der Waals surface area (Å²) in [6.45, 7) is 0.655. The van der Waals surface area contributed by atoms with Crippen molar-refractivity contribution in [2.24, 2.45) is 0 Å². The lowest BCUT2D eigenvalue weighted by molar-refractivity contribution is -0.137. The van der Waals surface area contributed by atoms with Gasteiger partial charge in [0.05, 0.1) is 0 Å². The Labute approximate surface area is 105 Å². The van der Waals surface area contributed by atoms with Gasteiger partial charge in [0.15, 0.2) is 0 Å². The van der Waals surface area contributed by atoms with E-state index in [9.17, 15) is 9.59 Å². The quantitative estimate of drug-likeness (QED) is 0.701. The molecular weight excluding hydrogens is 238 g/mol. The minimum absolute atomic E-state index is 0.0308. The minimum Gasteiger partial charge on any atom is -0.481 e. The maximum atomic E-state index is 11.5. The van der Waals surface area contributed by atoms with Gasteiger partial charge in [-0.25, -0.2) is 0 Å². The fourth-order valence-corrected chi connectivity index (χ4v) is 2.09. The predicted octanol–water partition coefficient (Wildman–Crippen LogP) is 2.51. The highest BCUT2D eigenvalue weighted by atomic mass is 32.1. The highest BCUT2D eigenvalue weighted by Gasteiger charge is 2.03. The molecule has 5 heteroatoms. The fourth-order valence-electron chi connectivity index (χ4n) is 1.45. The number of amides is 1. The third kappa shape index (κ3) is 6.06. The maximum Gasteiger partial charge on any atom is 0.303 e. The van der Waals surface area contributed by atoms with Gasteiger partial charge in [-0.15, -0.1) is 0 Å². The number of carboxylic acid groups (broad SMARTS) is 1. The highest BCUT2D eigenvalue weighted by molar-refractivity contribution is 7.08. The number of thiophene rings is 1. The first-order valence-electron chi connectivity index (χ1n) is 5.72. The Morgan fingerprint density at radius 3 is 2.65 bits per heavy atom. The maximum absolute atomic E-state index is 11.5. The van der Waals surface area contributed by atoms with Crippen molar-refractivity contribution in [2.75, 3.05) is 6.54 Å². The molecule has 0 aromatic carbocycles. The van der Waals surface area contributed by atoms with Crippen LogP contribution in [0.2, 0.25) is 0 Å². The van der Waals surface area contributed by atoms with Crippen LogP contribution in [-0.4, -0.2) is 23.5 Å². The first-order chi connectivity index (χ1) is 8.20. The number of carbonyl (C=O) groups excluding carboxylic acids is 1. The molecule has 0 radical (unpaired) electrons. The summed E-state index contributed by atoms with van der Waals surface area (Å²) in [5.41, 5.74) is 0.709. The van der Waals surface area contributed by atoms with Gasteiger partial charge >= 0.3 is 5.97 Å². The molecule has 1 aromatic rings. The predicted molar refractivity (Wildman–Crippen MR) is 67.4 cm³/mol. The molecule has 94 valence electrons. The van der Waals surface area contributed by atoms with Gasteiger partial charge in [-0.05, 0) is 24.3 Å². The van der Waals surface area contributed by atoms with E-state index in [4.69, 9.17) is 5.11 Å². The molecule has 17 heavy (non-hydrogen) atoms. The zero-order valence-corrected chi connectivity index (χ0v) is 10.5. The van der Waals surface area contributed by atoms with Gasteiger partial charge in [0.25, 0.3) is 5.91 Å². The highest BCUT2D eigenvalue weighted by Crippen LogP contribution is 2.06. The molecule has 0 saturated heterocycles. The summed E-state index contributed by atoms with van der Waals surface area (Å²) in [7, 11) is 0. The molecule has 0 spiro atoms. The van der Waals surface area contributed by atoms with Crippen LogP contribution in [0.15, 0.2) is 16.8 Å². The number of nitrogens with one attached hydrogen (secondary N) is 1. The van der Waals surface area contributed by atoms with E-state index in [2.05, 4.69) is 5.32 Å². The van der Waals surface area contributed by atoms with E-state index < -0.39 is 5.97 Å². The van der Waals surface area contributed by atoms with E-state index in [1.54, 1.807) is 6.07 Å². The molecule has 0 saturated carbocycles. The van der Waals surface area contributed by atoms with Crippen molar-refractivity contribution < 1.29 is 14.7 Å². The Bertz CT molecular complexity index is 349. The van der Waals surface area contributed by atoms with E-state index in [-0.39, 0.29) is 12.3 Å². The summed E-state index contributed by atoms with van der Waals surface area (Å²) in [6, 6.07) is 1.80. The molecule has 0 aliphatic carbocycles. The molecule has 1 rings (SSSR count). The minimum atomic E-state index is -0.740. The second-order valence-electron chi connectivity index (χ2n) is 3.83. The number of unbranched alkanes of at least 4 members (excludes halogenated alkanes) is 3. The second kappa shape index (κ2) is 7.84. The molecule has 1 amide bonds. The summed E-state index contributed by atoms with van der Waals surface area (Å²) >= 11 is 1.50. The normalized spacial score (nSPS) is 10.1. The van der Waals surface area contributed by atoms with Crippen molar-refractivity contribution >= 4 is 23.2 Å². The zero-order chi connectivity index (χ0) is 12.5. The van der Waals surface area contributed by atoms with Crippen molar-refractivity contribution in [1.29, 1.82) is 0 Å². The van der Waals surface area contributed by atoms with Gasteiger partial charge in [0.1, 0.15) is 0 Å². The number of rotatable bonds is 8. The number of hydrogen-bond acceptors (Lipinski definition) is 3. The van der Waals surface area contributed by atoms with Crippen LogP contribution in [0.3, 0.4) is 0 Å². The topological polar surface area (TPSA) is 66.4 Å². The molecule has 1 aromatic heterocycles. The Morgan fingerprint density at radius 2 is 2.00 bits per heavy atom. The molecule has 0 aliphatic rings. The summed E-state index contributed by atoms with van der Waals surface area (Å²) in [6.07, 6.45) is 3.71. The van der Waals surface area contributed by atoms with Gasteiger partial charge in [-0.3, -0.25) is 9.59 Å². The lowest BCUT2D eigenvalue weighted by atomic mass is 10.1.